The van der Waals surface area contributed by atoms with Crippen LogP contribution in [0.5, 0.6) is 17.2 Å². The molecule has 1 amide bonds. The standard InChI is InChI=1S/C25H32N2O6S2/c1-18(14-19-15-21(32-3)22(33-4)16-20(19)31-2)24(28)26-10-7-25(17-26)8-11-27(12-9-25)35(29,30)23-6-5-13-34-23/h5-6,13-16H,7-12,17H2,1-4H3/b18-14+. The van der Waals surface area contributed by atoms with Crippen LogP contribution >= 0.6 is 11.3 Å². The van der Waals surface area contributed by atoms with Crippen LogP contribution in [0.4, 0.5) is 0 Å². The summed E-state index contributed by atoms with van der Waals surface area (Å²) in [5.74, 6) is 1.68. The maximum Gasteiger partial charge on any atom is 0.252 e. The highest BCUT2D eigenvalue weighted by Gasteiger charge is 2.44. The van der Waals surface area contributed by atoms with Gasteiger partial charge in [0.25, 0.3) is 10.0 Å². The van der Waals surface area contributed by atoms with E-state index in [1.54, 1.807) is 62.2 Å². The normalized spacial score (nSPS) is 18.6. The van der Waals surface area contributed by atoms with E-state index in [0.717, 1.165) is 24.8 Å². The van der Waals surface area contributed by atoms with Crippen molar-refractivity contribution in [3.05, 3.63) is 40.8 Å². The largest absolute Gasteiger partial charge is 0.496 e. The van der Waals surface area contributed by atoms with E-state index in [0.29, 0.717) is 53.2 Å². The highest BCUT2D eigenvalue weighted by Crippen LogP contribution is 2.42. The molecule has 0 bridgehead atoms. The molecule has 0 atom stereocenters. The molecule has 0 unspecified atom stereocenters. The second-order valence-corrected chi connectivity index (χ2v) is 12.2. The summed E-state index contributed by atoms with van der Waals surface area (Å²) in [6.07, 6.45) is 4.21. The molecule has 2 fully saturated rings. The molecule has 2 aromatic rings. The zero-order valence-corrected chi connectivity index (χ0v) is 22.2. The fourth-order valence-corrected chi connectivity index (χ4v) is 7.55. The number of piperidine rings is 1. The molecule has 35 heavy (non-hydrogen) atoms. The fraction of sp³-hybridized carbons (Fsp3) is 0.480. The van der Waals surface area contributed by atoms with Crippen molar-refractivity contribution in [2.24, 2.45) is 5.41 Å². The Morgan fingerprint density at radius 3 is 2.23 bits per heavy atom. The Balaban J connectivity index is 1.44. The minimum absolute atomic E-state index is 0.0210. The molecule has 3 heterocycles. The lowest BCUT2D eigenvalue weighted by molar-refractivity contribution is -0.126. The molecule has 0 N–H and O–H groups in total. The summed E-state index contributed by atoms with van der Waals surface area (Å²) in [6.45, 7) is 4.09. The molecule has 0 radical (unpaired) electrons. The number of carbonyl (C=O) groups is 1. The zero-order valence-electron chi connectivity index (χ0n) is 20.6. The van der Waals surface area contributed by atoms with Crippen LogP contribution < -0.4 is 14.2 Å². The van der Waals surface area contributed by atoms with E-state index < -0.39 is 10.0 Å². The average molecular weight is 521 g/mol. The lowest BCUT2D eigenvalue weighted by Crippen LogP contribution is -2.44. The van der Waals surface area contributed by atoms with Gasteiger partial charge in [0, 0.05) is 43.4 Å². The lowest BCUT2D eigenvalue weighted by Gasteiger charge is -2.38. The molecule has 1 aromatic heterocycles. The Kier molecular flexibility index (Phi) is 7.44. The van der Waals surface area contributed by atoms with Crippen LogP contribution in [0.25, 0.3) is 6.08 Å². The Hall–Kier alpha value is -2.56. The van der Waals surface area contributed by atoms with E-state index in [1.807, 2.05) is 11.0 Å². The molecule has 2 saturated heterocycles. The van der Waals surface area contributed by atoms with Crippen LogP contribution in [-0.2, 0) is 14.8 Å². The van der Waals surface area contributed by atoms with Crippen molar-refractivity contribution in [3.8, 4) is 17.2 Å². The van der Waals surface area contributed by atoms with Crippen molar-refractivity contribution >= 4 is 33.3 Å². The van der Waals surface area contributed by atoms with E-state index >= 15 is 0 Å². The van der Waals surface area contributed by atoms with Crippen molar-refractivity contribution < 1.29 is 27.4 Å². The molecule has 0 aliphatic carbocycles. The van der Waals surface area contributed by atoms with Gasteiger partial charge in [-0.25, -0.2) is 8.42 Å². The molecule has 1 aromatic carbocycles. The van der Waals surface area contributed by atoms with Crippen molar-refractivity contribution in [2.75, 3.05) is 47.5 Å². The summed E-state index contributed by atoms with van der Waals surface area (Å²) < 4.78 is 43.9. The van der Waals surface area contributed by atoms with Gasteiger partial charge in [0.1, 0.15) is 9.96 Å². The molecule has 4 rings (SSSR count). The summed E-state index contributed by atoms with van der Waals surface area (Å²) in [6, 6.07) is 6.95. The molecular weight excluding hydrogens is 488 g/mol. The number of benzene rings is 1. The van der Waals surface area contributed by atoms with Crippen LogP contribution in [0, 0.1) is 5.41 Å². The van der Waals surface area contributed by atoms with Gasteiger partial charge in [-0.2, -0.15) is 4.31 Å². The first-order chi connectivity index (χ1) is 16.7. The number of amides is 1. The summed E-state index contributed by atoms with van der Waals surface area (Å²) >= 11 is 1.25. The monoisotopic (exact) mass is 520 g/mol. The third-order valence-corrected chi connectivity index (χ3v) is 10.3. The number of nitrogens with zero attached hydrogens (tertiary/aromatic N) is 2. The second-order valence-electron chi connectivity index (χ2n) is 9.09. The highest BCUT2D eigenvalue weighted by molar-refractivity contribution is 7.91. The third kappa shape index (κ3) is 5.05. The van der Waals surface area contributed by atoms with Crippen LogP contribution in [0.2, 0.25) is 0 Å². The number of hydrogen-bond acceptors (Lipinski definition) is 7. The SMILES string of the molecule is COc1cc(OC)c(OC)cc1/C=C(\C)C(=O)N1CCC2(CCN(S(=O)(=O)c3cccs3)CC2)C1. The van der Waals surface area contributed by atoms with Gasteiger partial charge in [-0.15, -0.1) is 11.3 Å². The topological polar surface area (TPSA) is 85.4 Å². The second kappa shape index (κ2) is 10.2. The van der Waals surface area contributed by atoms with Gasteiger partial charge in [-0.3, -0.25) is 4.79 Å². The van der Waals surface area contributed by atoms with E-state index in [2.05, 4.69) is 0 Å². The first-order valence-corrected chi connectivity index (χ1v) is 13.9. The lowest BCUT2D eigenvalue weighted by atomic mass is 9.78. The van der Waals surface area contributed by atoms with Crippen molar-refractivity contribution in [2.45, 2.75) is 30.4 Å². The Labute approximate surface area is 211 Å². The Bertz CT molecular complexity index is 1200. The fourth-order valence-electron chi connectivity index (χ4n) is 4.97. The minimum atomic E-state index is -3.43. The summed E-state index contributed by atoms with van der Waals surface area (Å²) in [4.78, 5) is 15.2. The number of sulfonamides is 1. The van der Waals surface area contributed by atoms with Crippen molar-refractivity contribution in [1.29, 1.82) is 0 Å². The van der Waals surface area contributed by atoms with Gasteiger partial charge in [0.15, 0.2) is 11.5 Å². The number of carbonyl (C=O) groups excluding carboxylic acids is 1. The third-order valence-electron chi connectivity index (χ3n) is 7.04. The maximum atomic E-state index is 13.3. The predicted octanol–water partition coefficient (Wildman–Crippen LogP) is 3.88. The van der Waals surface area contributed by atoms with Crippen LogP contribution in [0.1, 0.15) is 31.7 Å². The van der Waals surface area contributed by atoms with Crippen LogP contribution in [0.3, 0.4) is 0 Å². The first-order valence-electron chi connectivity index (χ1n) is 11.5. The number of methoxy groups -OCH3 is 3. The number of thiophene rings is 1. The molecule has 0 saturated carbocycles. The van der Waals surface area contributed by atoms with Crippen molar-refractivity contribution in [1.82, 2.24) is 9.21 Å². The maximum absolute atomic E-state index is 13.3. The van der Waals surface area contributed by atoms with E-state index in [-0.39, 0.29) is 11.3 Å². The Morgan fingerprint density at radius 1 is 1.00 bits per heavy atom. The molecule has 2 aliphatic rings. The highest BCUT2D eigenvalue weighted by atomic mass is 32.2. The molecule has 10 heteroatoms. The van der Waals surface area contributed by atoms with Crippen LogP contribution in [0.15, 0.2) is 39.4 Å². The molecular formula is C25H32N2O6S2. The number of rotatable bonds is 7. The van der Waals surface area contributed by atoms with E-state index in [1.165, 1.54) is 11.3 Å². The average Bonchev–Trinajstić information content (AvgIpc) is 3.55. The summed E-state index contributed by atoms with van der Waals surface area (Å²) in [5.41, 5.74) is 1.31. The number of hydrogen-bond donors (Lipinski definition) is 0. The Morgan fingerprint density at radius 2 is 1.63 bits per heavy atom. The molecule has 1 spiro atoms. The van der Waals surface area contributed by atoms with Gasteiger partial charge >= 0.3 is 0 Å². The number of ether oxygens (including phenoxy) is 3. The smallest absolute Gasteiger partial charge is 0.252 e. The van der Waals surface area contributed by atoms with Crippen LogP contribution in [-0.4, -0.2) is 71.0 Å². The van der Waals surface area contributed by atoms with Gasteiger partial charge in [-0.05, 0) is 55.2 Å². The summed E-state index contributed by atoms with van der Waals surface area (Å²) in [5, 5.41) is 1.78. The quantitative estimate of drug-likeness (QED) is 0.515. The molecule has 2 aliphatic heterocycles. The van der Waals surface area contributed by atoms with Gasteiger partial charge < -0.3 is 19.1 Å². The first kappa shape index (κ1) is 25.5. The van der Waals surface area contributed by atoms with Gasteiger partial charge in [0.05, 0.1) is 21.3 Å². The van der Waals surface area contributed by atoms with E-state index in [4.69, 9.17) is 14.2 Å². The van der Waals surface area contributed by atoms with Crippen molar-refractivity contribution in [3.63, 3.8) is 0 Å². The van der Waals surface area contributed by atoms with Gasteiger partial charge in [-0.1, -0.05) is 6.07 Å². The summed E-state index contributed by atoms with van der Waals surface area (Å²) in [7, 11) is 1.27. The molecule has 8 nitrogen and oxygen atoms in total. The van der Waals surface area contributed by atoms with E-state index in [9.17, 15) is 13.2 Å². The predicted molar refractivity (Wildman–Crippen MR) is 136 cm³/mol. The number of likely N-dealkylation sites (tertiary alicyclic amines) is 1. The van der Waals surface area contributed by atoms with Gasteiger partial charge in [0.2, 0.25) is 5.91 Å². The molecule has 190 valence electrons. The zero-order chi connectivity index (χ0) is 25.2. The minimum Gasteiger partial charge on any atom is -0.496 e.